The van der Waals surface area contributed by atoms with Gasteiger partial charge >= 0.3 is 0 Å². The third-order valence-corrected chi connectivity index (χ3v) is 5.83. The number of rotatable bonds is 4. The second-order valence-corrected chi connectivity index (χ2v) is 7.87. The number of benzene rings is 2. The predicted octanol–water partition coefficient (Wildman–Crippen LogP) is 5.14. The Morgan fingerprint density at radius 3 is 2.79 bits per heavy atom. The fourth-order valence-corrected chi connectivity index (χ4v) is 4.10. The molecule has 4 heteroatoms. The van der Waals surface area contributed by atoms with Crippen molar-refractivity contribution in [2.24, 2.45) is 5.92 Å². The molecule has 4 nitrogen and oxygen atoms in total. The Hall–Kier alpha value is -2.88. The number of carbonyl (C=O) groups excluding carboxylic acids is 1. The summed E-state index contributed by atoms with van der Waals surface area (Å²) in [6.45, 7) is 4.25. The maximum Gasteiger partial charge on any atom is 0.248 e. The van der Waals surface area contributed by atoms with Crippen molar-refractivity contribution in [1.29, 1.82) is 0 Å². The highest BCUT2D eigenvalue weighted by molar-refractivity contribution is 5.80. The smallest absolute Gasteiger partial charge is 0.248 e. The Labute approximate surface area is 164 Å². The Morgan fingerprint density at radius 2 is 1.93 bits per heavy atom. The number of nitrogens with one attached hydrogen (secondary N) is 1. The molecule has 0 aliphatic heterocycles. The number of hydrogen-bond donors (Lipinski definition) is 1. The van der Waals surface area contributed by atoms with E-state index < -0.39 is 0 Å². The van der Waals surface area contributed by atoms with Crippen LogP contribution in [-0.4, -0.2) is 10.8 Å². The van der Waals surface area contributed by atoms with E-state index in [2.05, 4.69) is 24.0 Å². The summed E-state index contributed by atoms with van der Waals surface area (Å²) in [4.78, 5) is 26.2. The minimum atomic E-state index is -0.128. The molecular weight excluding hydrogens is 350 g/mol. The van der Waals surface area contributed by atoms with E-state index in [4.69, 9.17) is 4.74 Å². The molecule has 2 aromatic carbocycles. The molecule has 0 bridgehead atoms. The number of carbonyl (C=O) groups is 1. The summed E-state index contributed by atoms with van der Waals surface area (Å²) in [5.74, 6) is 1.96. The van der Waals surface area contributed by atoms with Gasteiger partial charge in [-0.25, -0.2) is 0 Å². The number of pyridine rings is 1. The third kappa shape index (κ3) is 3.86. The zero-order chi connectivity index (χ0) is 19.7. The Bertz CT molecular complexity index is 1070. The van der Waals surface area contributed by atoms with Gasteiger partial charge in [0.1, 0.15) is 17.6 Å². The maximum absolute atomic E-state index is 11.9. The highest BCUT2D eigenvalue weighted by Gasteiger charge is 2.27. The van der Waals surface area contributed by atoms with Crippen LogP contribution < -0.4 is 10.3 Å². The van der Waals surface area contributed by atoms with E-state index in [1.807, 2.05) is 43.3 Å². The summed E-state index contributed by atoms with van der Waals surface area (Å²) in [5.41, 5.74) is 2.95. The summed E-state index contributed by atoms with van der Waals surface area (Å²) >= 11 is 0. The van der Waals surface area contributed by atoms with Gasteiger partial charge in [-0.2, -0.15) is 0 Å². The van der Waals surface area contributed by atoms with Crippen LogP contribution in [0, 0.1) is 5.92 Å². The van der Waals surface area contributed by atoms with Crippen molar-refractivity contribution in [3.8, 4) is 5.75 Å². The minimum Gasteiger partial charge on any atom is -0.486 e. The van der Waals surface area contributed by atoms with Crippen molar-refractivity contribution >= 4 is 16.7 Å². The zero-order valence-electron chi connectivity index (χ0n) is 16.3. The number of ether oxygens (including phenoxy) is 1. The zero-order valence-corrected chi connectivity index (χ0v) is 16.3. The molecule has 4 rings (SSSR count). The van der Waals surface area contributed by atoms with Gasteiger partial charge in [0.05, 0.1) is 0 Å². The van der Waals surface area contributed by atoms with Crippen molar-refractivity contribution in [1.82, 2.24) is 4.98 Å². The molecule has 1 aromatic heterocycles. The van der Waals surface area contributed by atoms with E-state index in [1.165, 1.54) is 11.6 Å². The van der Waals surface area contributed by atoms with Gasteiger partial charge in [-0.1, -0.05) is 25.1 Å². The van der Waals surface area contributed by atoms with Crippen LogP contribution in [0.2, 0.25) is 0 Å². The van der Waals surface area contributed by atoms with Gasteiger partial charge in [0.15, 0.2) is 0 Å². The number of ketones is 1. The Balaban J connectivity index is 1.54. The first kappa shape index (κ1) is 18.5. The largest absolute Gasteiger partial charge is 0.486 e. The van der Waals surface area contributed by atoms with E-state index >= 15 is 0 Å². The summed E-state index contributed by atoms with van der Waals surface area (Å²) in [6, 6.07) is 17.5. The van der Waals surface area contributed by atoms with Crippen molar-refractivity contribution < 1.29 is 9.53 Å². The summed E-state index contributed by atoms with van der Waals surface area (Å²) in [7, 11) is 0. The Morgan fingerprint density at radius 1 is 1.07 bits per heavy atom. The quantitative estimate of drug-likeness (QED) is 0.687. The van der Waals surface area contributed by atoms with Gasteiger partial charge in [0, 0.05) is 24.4 Å². The second kappa shape index (κ2) is 7.63. The standard InChI is InChI=1S/C24H25NO3/c1-15-6-9-20(26)14-22(15)18-4-3-5-21(13-18)28-16(2)17-7-10-23-19(12-17)8-11-24(27)25-23/h3-5,7-8,10-13,15-16,22H,6,9,14H2,1-2H3,(H,25,27). The molecule has 0 radical (unpaired) electrons. The molecule has 144 valence electrons. The average molecular weight is 375 g/mol. The molecule has 28 heavy (non-hydrogen) atoms. The molecule has 3 aromatic rings. The normalized spacial score (nSPS) is 20.9. The molecule has 1 N–H and O–H groups in total. The van der Waals surface area contributed by atoms with Crippen LogP contribution in [0.25, 0.3) is 10.9 Å². The molecule has 0 spiro atoms. The van der Waals surface area contributed by atoms with Gasteiger partial charge in [-0.15, -0.1) is 0 Å². The highest BCUT2D eigenvalue weighted by Crippen LogP contribution is 2.37. The monoisotopic (exact) mass is 375 g/mol. The van der Waals surface area contributed by atoms with Crippen LogP contribution in [-0.2, 0) is 4.79 Å². The van der Waals surface area contributed by atoms with Crippen molar-refractivity contribution in [3.05, 3.63) is 76.1 Å². The third-order valence-electron chi connectivity index (χ3n) is 5.83. The molecule has 1 heterocycles. The predicted molar refractivity (Wildman–Crippen MR) is 111 cm³/mol. The molecule has 1 aliphatic rings. The first-order chi connectivity index (χ1) is 13.5. The molecule has 1 fully saturated rings. The molecule has 0 saturated heterocycles. The van der Waals surface area contributed by atoms with E-state index in [0.29, 0.717) is 24.5 Å². The number of aromatic nitrogens is 1. The second-order valence-electron chi connectivity index (χ2n) is 7.87. The van der Waals surface area contributed by atoms with E-state index in [-0.39, 0.29) is 17.6 Å². The number of fused-ring (bicyclic) bond motifs is 1. The molecule has 3 atom stereocenters. The lowest BCUT2D eigenvalue weighted by molar-refractivity contribution is -0.121. The number of Topliss-reactive ketones (excluding diaryl/α,β-unsaturated/α-hetero) is 1. The maximum atomic E-state index is 11.9. The van der Waals surface area contributed by atoms with Crippen molar-refractivity contribution in [2.75, 3.05) is 0 Å². The van der Waals surface area contributed by atoms with Gasteiger partial charge < -0.3 is 9.72 Å². The first-order valence-corrected chi connectivity index (χ1v) is 9.91. The molecule has 1 saturated carbocycles. The van der Waals surface area contributed by atoms with Crippen LogP contribution in [0.1, 0.15) is 56.3 Å². The van der Waals surface area contributed by atoms with Gasteiger partial charge in [-0.3, -0.25) is 9.59 Å². The number of hydrogen-bond acceptors (Lipinski definition) is 3. The average Bonchev–Trinajstić information content (AvgIpc) is 2.69. The molecule has 3 unspecified atom stereocenters. The van der Waals surface area contributed by atoms with E-state index in [0.717, 1.165) is 28.6 Å². The van der Waals surface area contributed by atoms with Crippen LogP contribution >= 0.6 is 0 Å². The summed E-state index contributed by atoms with van der Waals surface area (Å²) in [5, 5.41) is 0.982. The van der Waals surface area contributed by atoms with Crippen molar-refractivity contribution in [2.45, 2.75) is 45.1 Å². The lowest BCUT2D eigenvalue weighted by Crippen LogP contribution is -2.21. The van der Waals surface area contributed by atoms with Crippen LogP contribution in [0.4, 0.5) is 0 Å². The highest BCUT2D eigenvalue weighted by atomic mass is 16.5. The van der Waals surface area contributed by atoms with Gasteiger partial charge in [-0.05, 0) is 72.0 Å². The van der Waals surface area contributed by atoms with Crippen LogP contribution in [0.3, 0.4) is 0 Å². The Kier molecular flexibility index (Phi) is 5.03. The lowest BCUT2D eigenvalue weighted by atomic mass is 9.76. The topological polar surface area (TPSA) is 59.2 Å². The summed E-state index contributed by atoms with van der Waals surface area (Å²) in [6.07, 6.45) is 2.17. The number of H-pyrrole nitrogens is 1. The van der Waals surface area contributed by atoms with Gasteiger partial charge in [0.2, 0.25) is 5.56 Å². The minimum absolute atomic E-state index is 0.100. The fraction of sp³-hybridized carbons (Fsp3) is 0.333. The molecular formula is C24H25NO3. The summed E-state index contributed by atoms with van der Waals surface area (Å²) < 4.78 is 6.21. The number of aromatic amines is 1. The fourth-order valence-electron chi connectivity index (χ4n) is 4.10. The van der Waals surface area contributed by atoms with Gasteiger partial charge in [0.25, 0.3) is 0 Å². The van der Waals surface area contributed by atoms with Crippen molar-refractivity contribution in [3.63, 3.8) is 0 Å². The first-order valence-electron chi connectivity index (χ1n) is 9.91. The van der Waals surface area contributed by atoms with E-state index in [1.54, 1.807) is 0 Å². The lowest BCUT2D eigenvalue weighted by Gasteiger charge is -2.28. The molecule has 0 amide bonds. The van der Waals surface area contributed by atoms with Crippen LogP contribution in [0.15, 0.2) is 59.4 Å². The molecule has 1 aliphatic carbocycles. The van der Waals surface area contributed by atoms with Crippen LogP contribution in [0.5, 0.6) is 5.75 Å². The van der Waals surface area contributed by atoms with E-state index in [9.17, 15) is 9.59 Å². The SMILES string of the molecule is CC(Oc1cccc(C2CC(=O)CCC2C)c1)c1ccc2[nH]c(=O)ccc2c1.